The third kappa shape index (κ3) is 6.50. The molecular weight excluding hydrogens is 260 g/mol. The van der Waals surface area contributed by atoms with Gasteiger partial charge in [0.05, 0.1) is 24.3 Å². The highest BCUT2D eigenvalue weighted by atomic mass is 16.5. The number of aliphatic hydroxyl groups is 2. The van der Waals surface area contributed by atoms with Gasteiger partial charge in [-0.3, -0.25) is 0 Å². The predicted molar refractivity (Wildman–Crippen MR) is 73.4 cm³/mol. The Morgan fingerprint density at radius 1 is 1.15 bits per heavy atom. The van der Waals surface area contributed by atoms with Gasteiger partial charge in [-0.05, 0) is 24.3 Å². The van der Waals surface area contributed by atoms with E-state index in [2.05, 4.69) is 5.32 Å². The summed E-state index contributed by atoms with van der Waals surface area (Å²) in [6.07, 6.45) is -1.27. The Morgan fingerprint density at radius 3 is 2.30 bits per heavy atom. The molecule has 1 aromatic carbocycles. The summed E-state index contributed by atoms with van der Waals surface area (Å²) in [4.78, 5) is 0. The lowest BCUT2D eigenvalue weighted by molar-refractivity contribution is 0.0582. The fourth-order valence-electron chi connectivity index (χ4n) is 1.54. The van der Waals surface area contributed by atoms with Gasteiger partial charge in [0, 0.05) is 20.2 Å². The summed E-state index contributed by atoms with van der Waals surface area (Å²) in [6.45, 7) is 1.06. The topological polar surface area (TPSA) is 94.7 Å². The number of nitrogens with one attached hydrogen (secondary N) is 1. The number of hydrogen-bond acceptors (Lipinski definition) is 6. The average Bonchev–Trinajstić information content (AvgIpc) is 2.46. The largest absolute Gasteiger partial charge is 0.491 e. The van der Waals surface area contributed by atoms with E-state index in [1.165, 1.54) is 7.11 Å². The lowest BCUT2D eigenvalue weighted by Gasteiger charge is -2.15. The first kappa shape index (κ1) is 16.4. The summed E-state index contributed by atoms with van der Waals surface area (Å²) in [5, 5.41) is 30.7. The van der Waals surface area contributed by atoms with E-state index in [0.29, 0.717) is 24.4 Å². The summed E-state index contributed by atoms with van der Waals surface area (Å²) in [5.74, 6) is 0.600. The van der Waals surface area contributed by atoms with Crippen molar-refractivity contribution in [3.8, 4) is 11.8 Å². The van der Waals surface area contributed by atoms with Crippen molar-refractivity contribution in [2.75, 3.05) is 33.4 Å². The number of benzene rings is 1. The standard InChI is InChI=1S/C14H20N2O4/c1-19-9-12(17)7-16-8-13(18)10-20-14-4-2-11(6-15)3-5-14/h2-5,12-13,16-18H,7-10H2,1H3. The molecule has 0 radical (unpaired) electrons. The van der Waals surface area contributed by atoms with E-state index in [1.807, 2.05) is 6.07 Å². The number of aliphatic hydroxyl groups excluding tert-OH is 2. The van der Waals surface area contributed by atoms with Crippen LogP contribution in [0.5, 0.6) is 5.75 Å². The quantitative estimate of drug-likeness (QED) is 0.584. The molecule has 6 nitrogen and oxygen atoms in total. The third-order valence-electron chi connectivity index (χ3n) is 2.54. The van der Waals surface area contributed by atoms with Crippen LogP contribution in [0.3, 0.4) is 0 Å². The monoisotopic (exact) mass is 280 g/mol. The Balaban J connectivity index is 2.19. The average molecular weight is 280 g/mol. The molecular formula is C14H20N2O4. The maximum atomic E-state index is 9.70. The van der Waals surface area contributed by atoms with Gasteiger partial charge in [-0.2, -0.15) is 5.26 Å². The minimum atomic E-state index is -0.680. The zero-order valence-electron chi connectivity index (χ0n) is 11.5. The molecule has 0 aromatic heterocycles. The zero-order chi connectivity index (χ0) is 14.8. The van der Waals surface area contributed by atoms with Crippen molar-refractivity contribution in [3.63, 3.8) is 0 Å². The molecule has 0 aliphatic rings. The Morgan fingerprint density at radius 2 is 1.75 bits per heavy atom. The van der Waals surface area contributed by atoms with E-state index in [-0.39, 0.29) is 13.2 Å². The maximum absolute atomic E-state index is 9.70. The van der Waals surface area contributed by atoms with Crippen LogP contribution in [0.1, 0.15) is 5.56 Å². The van der Waals surface area contributed by atoms with Crippen molar-refractivity contribution < 1.29 is 19.7 Å². The Hall–Kier alpha value is -1.65. The van der Waals surface area contributed by atoms with Gasteiger partial charge < -0.3 is 25.0 Å². The molecule has 0 bridgehead atoms. The third-order valence-corrected chi connectivity index (χ3v) is 2.54. The number of nitriles is 1. The van der Waals surface area contributed by atoms with Crippen LogP contribution in [0.4, 0.5) is 0 Å². The number of nitrogens with zero attached hydrogens (tertiary/aromatic N) is 1. The molecule has 1 aromatic rings. The molecule has 0 aliphatic heterocycles. The lowest BCUT2D eigenvalue weighted by Crippen LogP contribution is -2.37. The van der Waals surface area contributed by atoms with E-state index < -0.39 is 12.2 Å². The molecule has 0 heterocycles. The van der Waals surface area contributed by atoms with Crippen molar-refractivity contribution >= 4 is 0 Å². The molecule has 3 N–H and O–H groups in total. The highest BCUT2D eigenvalue weighted by molar-refractivity contribution is 5.34. The summed E-state index contributed by atoms with van der Waals surface area (Å²) >= 11 is 0. The van der Waals surface area contributed by atoms with Crippen molar-refractivity contribution in [3.05, 3.63) is 29.8 Å². The molecule has 2 unspecified atom stereocenters. The van der Waals surface area contributed by atoms with Crippen LogP contribution >= 0.6 is 0 Å². The van der Waals surface area contributed by atoms with Crippen LogP contribution in [-0.2, 0) is 4.74 Å². The fraction of sp³-hybridized carbons (Fsp3) is 0.500. The molecule has 0 spiro atoms. The smallest absolute Gasteiger partial charge is 0.119 e. The zero-order valence-corrected chi connectivity index (χ0v) is 11.5. The second-order valence-corrected chi connectivity index (χ2v) is 4.37. The number of methoxy groups -OCH3 is 1. The van der Waals surface area contributed by atoms with Crippen LogP contribution in [0.15, 0.2) is 24.3 Å². The minimum Gasteiger partial charge on any atom is -0.491 e. The van der Waals surface area contributed by atoms with Gasteiger partial charge in [0.2, 0.25) is 0 Å². The minimum absolute atomic E-state index is 0.138. The van der Waals surface area contributed by atoms with Gasteiger partial charge in [0.15, 0.2) is 0 Å². The number of ether oxygens (including phenoxy) is 2. The summed E-state index contributed by atoms with van der Waals surface area (Å²) < 4.78 is 10.2. The molecule has 0 amide bonds. The van der Waals surface area contributed by atoms with Crippen LogP contribution in [0.25, 0.3) is 0 Å². The normalized spacial score (nSPS) is 13.5. The van der Waals surface area contributed by atoms with Crippen molar-refractivity contribution in [1.29, 1.82) is 5.26 Å². The molecule has 0 saturated heterocycles. The van der Waals surface area contributed by atoms with Crippen LogP contribution in [0.2, 0.25) is 0 Å². The second kappa shape index (κ2) is 9.28. The van der Waals surface area contributed by atoms with E-state index in [9.17, 15) is 10.2 Å². The Kier molecular flexibility index (Phi) is 7.62. The van der Waals surface area contributed by atoms with Crippen molar-refractivity contribution in [2.45, 2.75) is 12.2 Å². The molecule has 0 aliphatic carbocycles. The summed E-state index contributed by atoms with van der Waals surface area (Å²) in [5.41, 5.74) is 0.562. The van der Waals surface area contributed by atoms with Gasteiger partial charge >= 0.3 is 0 Å². The highest BCUT2D eigenvalue weighted by Crippen LogP contribution is 2.11. The Bertz CT molecular complexity index is 416. The first-order valence-electron chi connectivity index (χ1n) is 6.34. The predicted octanol–water partition coefficient (Wildman–Crippen LogP) is -0.105. The maximum Gasteiger partial charge on any atom is 0.119 e. The number of hydrogen-bond donors (Lipinski definition) is 3. The first-order valence-corrected chi connectivity index (χ1v) is 6.34. The van der Waals surface area contributed by atoms with Crippen molar-refractivity contribution in [2.24, 2.45) is 0 Å². The molecule has 0 saturated carbocycles. The van der Waals surface area contributed by atoms with Crippen LogP contribution in [0, 0.1) is 11.3 Å². The lowest BCUT2D eigenvalue weighted by atomic mass is 10.2. The van der Waals surface area contributed by atoms with Crippen LogP contribution < -0.4 is 10.1 Å². The van der Waals surface area contributed by atoms with E-state index in [4.69, 9.17) is 14.7 Å². The molecule has 110 valence electrons. The highest BCUT2D eigenvalue weighted by Gasteiger charge is 2.07. The molecule has 2 atom stereocenters. The SMILES string of the molecule is COCC(O)CNCC(O)COc1ccc(C#N)cc1. The number of rotatable bonds is 9. The van der Waals surface area contributed by atoms with E-state index in [0.717, 1.165) is 0 Å². The van der Waals surface area contributed by atoms with Crippen molar-refractivity contribution in [1.82, 2.24) is 5.32 Å². The van der Waals surface area contributed by atoms with Gasteiger partial charge in [-0.15, -0.1) is 0 Å². The molecule has 6 heteroatoms. The van der Waals surface area contributed by atoms with Gasteiger partial charge in [-0.25, -0.2) is 0 Å². The molecule has 1 rings (SSSR count). The summed E-state index contributed by atoms with van der Waals surface area (Å²) in [6, 6.07) is 8.69. The Labute approximate surface area is 118 Å². The van der Waals surface area contributed by atoms with Crippen LogP contribution in [-0.4, -0.2) is 55.8 Å². The van der Waals surface area contributed by atoms with E-state index in [1.54, 1.807) is 24.3 Å². The molecule has 20 heavy (non-hydrogen) atoms. The van der Waals surface area contributed by atoms with Gasteiger partial charge in [0.25, 0.3) is 0 Å². The van der Waals surface area contributed by atoms with E-state index >= 15 is 0 Å². The second-order valence-electron chi connectivity index (χ2n) is 4.37. The summed E-state index contributed by atoms with van der Waals surface area (Å²) in [7, 11) is 1.52. The fourth-order valence-corrected chi connectivity index (χ4v) is 1.54. The molecule has 0 fully saturated rings. The first-order chi connectivity index (χ1) is 9.65. The van der Waals surface area contributed by atoms with Gasteiger partial charge in [-0.1, -0.05) is 0 Å². The van der Waals surface area contributed by atoms with Gasteiger partial charge in [0.1, 0.15) is 18.5 Å².